The van der Waals surface area contributed by atoms with Crippen molar-refractivity contribution in [3.05, 3.63) is 38.5 Å². The molecule has 0 saturated heterocycles. The summed E-state index contributed by atoms with van der Waals surface area (Å²) in [6.45, 7) is 1.72. The predicted molar refractivity (Wildman–Crippen MR) is 83.1 cm³/mol. The predicted octanol–water partition coefficient (Wildman–Crippen LogP) is 3.07. The van der Waals surface area contributed by atoms with E-state index in [9.17, 15) is 8.42 Å². The molecule has 2 rings (SSSR count). The zero-order chi connectivity index (χ0) is 14.9. The molecule has 0 atom stereocenters. The van der Waals surface area contributed by atoms with Crippen molar-refractivity contribution < 1.29 is 8.42 Å². The number of halogens is 1. The summed E-state index contributed by atoms with van der Waals surface area (Å²) in [7, 11) is -3.73. The van der Waals surface area contributed by atoms with Crippen molar-refractivity contribution in [1.29, 1.82) is 5.26 Å². The van der Waals surface area contributed by atoms with Crippen molar-refractivity contribution in [2.75, 3.05) is 10.5 Å². The fraction of sp³-hybridized carbons (Fsp3) is 0.0833. The number of nitrogens with zero attached hydrogens (tertiary/aromatic N) is 1. The van der Waals surface area contributed by atoms with Crippen molar-refractivity contribution in [3.63, 3.8) is 0 Å². The molecule has 1 aromatic carbocycles. The number of nitrogens with two attached hydrogens (primary N) is 1. The highest BCUT2D eigenvalue weighted by molar-refractivity contribution is 9.11. The molecule has 3 N–H and O–H groups in total. The maximum Gasteiger partial charge on any atom is 0.263 e. The molecule has 5 nitrogen and oxygen atoms in total. The summed E-state index contributed by atoms with van der Waals surface area (Å²) in [5, 5.41) is 9.02. The minimum Gasteiger partial charge on any atom is -0.399 e. The van der Waals surface area contributed by atoms with Crippen LogP contribution in [0.2, 0.25) is 0 Å². The number of aryl methyl sites for hydroxylation is 1. The first-order chi connectivity index (χ1) is 9.33. The fourth-order valence-electron chi connectivity index (χ4n) is 1.64. The van der Waals surface area contributed by atoms with Crippen molar-refractivity contribution in [1.82, 2.24) is 0 Å². The zero-order valence-electron chi connectivity index (χ0n) is 10.3. The third-order valence-corrected chi connectivity index (χ3v) is 5.71. The second-order valence-electron chi connectivity index (χ2n) is 3.99. The maximum atomic E-state index is 12.3. The number of nitriles is 1. The minimum atomic E-state index is -3.73. The molecule has 0 saturated carbocycles. The number of benzene rings is 1. The Morgan fingerprint density at radius 2 is 2.10 bits per heavy atom. The van der Waals surface area contributed by atoms with Crippen LogP contribution < -0.4 is 10.5 Å². The van der Waals surface area contributed by atoms with Crippen molar-refractivity contribution in [2.45, 2.75) is 11.8 Å². The molecule has 0 amide bonds. The van der Waals surface area contributed by atoms with Gasteiger partial charge in [0.05, 0.1) is 15.0 Å². The highest BCUT2D eigenvalue weighted by atomic mass is 79.9. The first-order valence-corrected chi connectivity index (χ1v) is 8.51. The molecule has 0 bridgehead atoms. The van der Waals surface area contributed by atoms with Gasteiger partial charge in [-0.25, -0.2) is 8.42 Å². The molecule has 8 heteroatoms. The van der Waals surface area contributed by atoms with E-state index in [0.29, 0.717) is 10.6 Å². The first kappa shape index (κ1) is 14.8. The Morgan fingerprint density at radius 1 is 1.40 bits per heavy atom. The summed E-state index contributed by atoms with van der Waals surface area (Å²) in [4.78, 5) is 0.855. The lowest BCUT2D eigenvalue weighted by atomic mass is 10.2. The first-order valence-electron chi connectivity index (χ1n) is 5.42. The molecule has 0 unspecified atom stereocenters. The van der Waals surface area contributed by atoms with Gasteiger partial charge in [-0.15, -0.1) is 11.3 Å². The van der Waals surface area contributed by atoms with E-state index in [1.807, 2.05) is 6.07 Å². The quantitative estimate of drug-likeness (QED) is 0.810. The average molecular weight is 372 g/mol. The lowest BCUT2D eigenvalue weighted by Gasteiger charge is -2.09. The lowest BCUT2D eigenvalue weighted by Crippen LogP contribution is -2.14. The van der Waals surface area contributed by atoms with Crippen LogP contribution in [0.5, 0.6) is 0 Å². The van der Waals surface area contributed by atoms with Crippen LogP contribution in [0, 0.1) is 18.3 Å². The van der Waals surface area contributed by atoms with Crippen LogP contribution in [0.1, 0.15) is 10.4 Å². The molecule has 0 radical (unpaired) electrons. The largest absolute Gasteiger partial charge is 0.399 e. The van der Waals surface area contributed by atoms with Gasteiger partial charge in [0.15, 0.2) is 0 Å². The summed E-state index contributed by atoms with van der Waals surface area (Å²) in [6, 6.07) is 7.89. The standard InChI is InChI=1S/C12H10BrN3O2S2/c1-7-11(5-12(13)19-7)20(17,18)16-10-3-2-9(15)4-8(10)6-14/h2-5,16H,15H2,1H3. The molecule has 0 aliphatic rings. The summed E-state index contributed by atoms with van der Waals surface area (Å²) in [5.41, 5.74) is 6.37. The Hall–Kier alpha value is -1.56. The number of hydrogen-bond donors (Lipinski definition) is 2. The molecule has 0 aliphatic carbocycles. The average Bonchev–Trinajstić information content (AvgIpc) is 2.71. The van der Waals surface area contributed by atoms with E-state index in [1.54, 1.807) is 6.92 Å². The van der Waals surface area contributed by atoms with Gasteiger partial charge in [-0.2, -0.15) is 5.26 Å². The smallest absolute Gasteiger partial charge is 0.263 e. The normalized spacial score (nSPS) is 11.1. The summed E-state index contributed by atoms with van der Waals surface area (Å²) < 4.78 is 27.8. The van der Waals surface area contributed by atoms with Crippen molar-refractivity contribution in [3.8, 4) is 6.07 Å². The number of nitrogens with one attached hydrogen (secondary N) is 1. The number of thiophene rings is 1. The maximum absolute atomic E-state index is 12.3. The van der Waals surface area contributed by atoms with Crippen LogP contribution >= 0.6 is 27.3 Å². The summed E-state index contributed by atoms with van der Waals surface area (Å²) in [6.07, 6.45) is 0. The number of anilines is 2. The molecule has 1 aromatic heterocycles. The van der Waals surface area contributed by atoms with Gasteiger partial charge < -0.3 is 5.73 Å². The Kier molecular flexibility index (Phi) is 4.04. The number of nitrogen functional groups attached to an aromatic ring is 1. The van der Waals surface area contributed by atoms with E-state index in [0.717, 1.165) is 3.79 Å². The molecule has 20 heavy (non-hydrogen) atoms. The zero-order valence-corrected chi connectivity index (χ0v) is 13.6. The second-order valence-corrected chi connectivity index (χ2v) is 8.28. The third kappa shape index (κ3) is 2.95. The van der Waals surface area contributed by atoms with Crippen LogP contribution in [0.3, 0.4) is 0 Å². The summed E-state index contributed by atoms with van der Waals surface area (Å²) >= 11 is 4.59. The van der Waals surface area contributed by atoms with Crippen LogP contribution in [-0.4, -0.2) is 8.42 Å². The van der Waals surface area contributed by atoms with Gasteiger partial charge in [0.25, 0.3) is 10.0 Å². The summed E-state index contributed by atoms with van der Waals surface area (Å²) in [5.74, 6) is 0. The number of hydrogen-bond acceptors (Lipinski definition) is 5. The Labute approximate surface area is 129 Å². The van der Waals surface area contributed by atoms with E-state index in [-0.39, 0.29) is 16.1 Å². The highest BCUT2D eigenvalue weighted by Gasteiger charge is 2.20. The third-order valence-electron chi connectivity index (χ3n) is 2.54. The SMILES string of the molecule is Cc1sc(Br)cc1S(=O)(=O)Nc1ccc(N)cc1C#N. The van der Waals surface area contributed by atoms with Gasteiger partial charge in [0.2, 0.25) is 0 Å². The Bertz CT molecular complexity index is 807. The van der Waals surface area contributed by atoms with E-state index in [1.165, 1.54) is 35.6 Å². The van der Waals surface area contributed by atoms with E-state index < -0.39 is 10.0 Å². The van der Waals surface area contributed by atoms with Gasteiger partial charge in [-0.05, 0) is 47.1 Å². The van der Waals surface area contributed by atoms with E-state index in [4.69, 9.17) is 11.0 Å². The molecule has 0 aliphatic heterocycles. The van der Waals surface area contributed by atoms with Crippen LogP contribution in [0.4, 0.5) is 11.4 Å². The van der Waals surface area contributed by atoms with Gasteiger partial charge in [-0.3, -0.25) is 4.72 Å². The van der Waals surface area contributed by atoms with Gasteiger partial charge in [0.1, 0.15) is 11.0 Å². The second kappa shape index (κ2) is 5.44. The molecular weight excluding hydrogens is 362 g/mol. The lowest BCUT2D eigenvalue weighted by molar-refractivity contribution is 0.601. The number of sulfonamides is 1. The van der Waals surface area contributed by atoms with E-state index in [2.05, 4.69) is 20.7 Å². The fourth-order valence-corrected chi connectivity index (χ4v) is 5.14. The van der Waals surface area contributed by atoms with Crippen molar-refractivity contribution in [2.24, 2.45) is 0 Å². The monoisotopic (exact) mass is 371 g/mol. The topological polar surface area (TPSA) is 96.0 Å². The van der Waals surface area contributed by atoms with Crippen molar-refractivity contribution >= 4 is 48.7 Å². The van der Waals surface area contributed by atoms with Gasteiger partial charge in [-0.1, -0.05) is 0 Å². The van der Waals surface area contributed by atoms with Crippen LogP contribution in [0.15, 0.2) is 32.9 Å². The highest BCUT2D eigenvalue weighted by Crippen LogP contribution is 2.31. The van der Waals surface area contributed by atoms with Gasteiger partial charge in [0, 0.05) is 10.6 Å². The molecule has 0 fully saturated rings. The van der Waals surface area contributed by atoms with E-state index >= 15 is 0 Å². The Morgan fingerprint density at radius 3 is 2.65 bits per heavy atom. The van der Waals surface area contributed by atoms with Gasteiger partial charge >= 0.3 is 0 Å². The Balaban J connectivity index is 2.44. The molecule has 2 aromatic rings. The van der Waals surface area contributed by atoms with Crippen LogP contribution in [-0.2, 0) is 10.0 Å². The molecule has 1 heterocycles. The number of rotatable bonds is 3. The molecular formula is C12H10BrN3O2S2. The molecule has 0 spiro atoms. The van der Waals surface area contributed by atoms with Crippen LogP contribution in [0.25, 0.3) is 0 Å². The molecule has 104 valence electrons. The minimum absolute atomic E-state index is 0.181.